The van der Waals surface area contributed by atoms with Crippen molar-refractivity contribution in [2.45, 2.75) is 4.90 Å². The molecule has 0 unspecified atom stereocenters. The van der Waals surface area contributed by atoms with Crippen molar-refractivity contribution < 1.29 is 8.42 Å². The van der Waals surface area contributed by atoms with Crippen LogP contribution in [0.15, 0.2) is 41.4 Å². The number of nitrogen functional groups attached to an aromatic ring is 1. The Morgan fingerprint density at radius 1 is 1.16 bits per heavy atom. The molecule has 0 saturated heterocycles. The molecule has 0 atom stereocenters. The molecule has 0 saturated carbocycles. The lowest BCUT2D eigenvalue weighted by Gasteiger charge is -2.09. The van der Waals surface area contributed by atoms with Crippen molar-refractivity contribution in [1.82, 2.24) is 4.98 Å². The van der Waals surface area contributed by atoms with Crippen molar-refractivity contribution in [3.05, 3.63) is 46.6 Å². The summed E-state index contributed by atoms with van der Waals surface area (Å²) in [5, 5.41) is 0.408. The van der Waals surface area contributed by atoms with Gasteiger partial charge in [0.25, 0.3) is 10.0 Å². The Balaban J connectivity index is 2.38. The minimum Gasteiger partial charge on any atom is -0.399 e. The molecule has 0 aliphatic heterocycles. The standard InChI is InChI=1S/C11H9Cl2N3O2S/c12-7-3-4-15-11(5-7)16-19(17,18)10-2-1-8(14)6-9(10)13/h1-6H,14H2,(H,15,16). The highest BCUT2D eigenvalue weighted by Crippen LogP contribution is 2.25. The van der Waals surface area contributed by atoms with Gasteiger partial charge in [-0.25, -0.2) is 13.4 Å². The molecule has 1 heterocycles. The van der Waals surface area contributed by atoms with Gasteiger partial charge in [0.2, 0.25) is 0 Å². The average Bonchev–Trinajstić information content (AvgIpc) is 2.27. The van der Waals surface area contributed by atoms with E-state index in [1.165, 1.54) is 36.5 Å². The highest BCUT2D eigenvalue weighted by Gasteiger charge is 2.18. The van der Waals surface area contributed by atoms with Gasteiger partial charge in [-0.15, -0.1) is 0 Å². The third kappa shape index (κ3) is 3.28. The van der Waals surface area contributed by atoms with Crippen molar-refractivity contribution in [2.24, 2.45) is 0 Å². The molecule has 0 amide bonds. The van der Waals surface area contributed by atoms with Gasteiger partial charge < -0.3 is 5.73 Å². The van der Waals surface area contributed by atoms with Crippen LogP contribution >= 0.6 is 23.2 Å². The highest BCUT2D eigenvalue weighted by atomic mass is 35.5. The SMILES string of the molecule is Nc1ccc(S(=O)(=O)Nc2cc(Cl)ccn2)c(Cl)c1. The van der Waals surface area contributed by atoms with Crippen LogP contribution in [0.2, 0.25) is 10.0 Å². The average molecular weight is 318 g/mol. The minimum atomic E-state index is -3.84. The summed E-state index contributed by atoms with van der Waals surface area (Å²) in [6.45, 7) is 0. The van der Waals surface area contributed by atoms with E-state index in [0.29, 0.717) is 10.7 Å². The maximum Gasteiger partial charge on any atom is 0.264 e. The molecule has 1 aromatic heterocycles. The van der Waals surface area contributed by atoms with Crippen LogP contribution in [-0.4, -0.2) is 13.4 Å². The van der Waals surface area contributed by atoms with Crippen LogP contribution in [0.5, 0.6) is 0 Å². The van der Waals surface area contributed by atoms with E-state index in [1.807, 2.05) is 0 Å². The Morgan fingerprint density at radius 3 is 2.53 bits per heavy atom. The Hall–Kier alpha value is -1.50. The molecular weight excluding hydrogens is 309 g/mol. The first-order valence-electron chi connectivity index (χ1n) is 5.08. The van der Waals surface area contributed by atoms with Crippen molar-refractivity contribution in [3.8, 4) is 0 Å². The van der Waals surface area contributed by atoms with E-state index in [-0.39, 0.29) is 15.7 Å². The highest BCUT2D eigenvalue weighted by molar-refractivity contribution is 7.92. The lowest BCUT2D eigenvalue weighted by molar-refractivity contribution is 0.601. The van der Waals surface area contributed by atoms with Crippen LogP contribution in [0.1, 0.15) is 0 Å². The molecular formula is C11H9Cl2N3O2S. The summed E-state index contributed by atoms with van der Waals surface area (Å²) in [4.78, 5) is 3.78. The lowest BCUT2D eigenvalue weighted by atomic mass is 10.3. The first-order valence-corrected chi connectivity index (χ1v) is 7.32. The topological polar surface area (TPSA) is 85.1 Å². The van der Waals surface area contributed by atoms with Gasteiger partial charge in [-0.1, -0.05) is 23.2 Å². The zero-order valence-corrected chi connectivity index (χ0v) is 11.8. The summed E-state index contributed by atoms with van der Waals surface area (Å²) in [6.07, 6.45) is 1.39. The number of rotatable bonds is 3. The van der Waals surface area contributed by atoms with Gasteiger partial charge in [-0.05, 0) is 24.3 Å². The van der Waals surface area contributed by atoms with E-state index >= 15 is 0 Å². The number of anilines is 2. The number of hydrogen-bond acceptors (Lipinski definition) is 4. The van der Waals surface area contributed by atoms with Crippen LogP contribution in [-0.2, 0) is 10.0 Å². The molecule has 1 aromatic carbocycles. The number of nitrogens with one attached hydrogen (secondary N) is 1. The van der Waals surface area contributed by atoms with Gasteiger partial charge in [0.15, 0.2) is 0 Å². The van der Waals surface area contributed by atoms with Crippen LogP contribution in [0, 0.1) is 0 Å². The van der Waals surface area contributed by atoms with Gasteiger partial charge in [-0.2, -0.15) is 0 Å². The maximum absolute atomic E-state index is 12.1. The number of pyridine rings is 1. The minimum absolute atomic E-state index is 0.0366. The largest absolute Gasteiger partial charge is 0.399 e. The molecule has 0 radical (unpaired) electrons. The van der Waals surface area contributed by atoms with Gasteiger partial charge >= 0.3 is 0 Å². The molecule has 3 N–H and O–H groups in total. The molecule has 0 fully saturated rings. The molecule has 2 rings (SSSR count). The molecule has 0 bridgehead atoms. The molecule has 0 spiro atoms. The number of sulfonamides is 1. The van der Waals surface area contributed by atoms with E-state index in [9.17, 15) is 8.42 Å². The van der Waals surface area contributed by atoms with Gasteiger partial charge in [0.1, 0.15) is 10.7 Å². The number of nitrogens with zero attached hydrogens (tertiary/aromatic N) is 1. The smallest absolute Gasteiger partial charge is 0.264 e. The van der Waals surface area contributed by atoms with E-state index in [0.717, 1.165) is 0 Å². The second kappa shape index (κ2) is 5.24. The van der Waals surface area contributed by atoms with E-state index in [4.69, 9.17) is 28.9 Å². The summed E-state index contributed by atoms with van der Waals surface area (Å²) in [6, 6.07) is 7.07. The van der Waals surface area contributed by atoms with Crippen molar-refractivity contribution in [1.29, 1.82) is 0 Å². The fourth-order valence-corrected chi connectivity index (χ4v) is 3.10. The third-order valence-electron chi connectivity index (χ3n) is 2.21. The van der Waals surface area contributed by atoms with E-state index in [2.05, 4.69) is 9.71 Å². The molecule has 0 aliphatic carbocycles. The summed E-state index contributed by atoms with van der Waals surface area (Å²) in [5.41, 5.74) is 5.89. The lowest BCUT2D eigenvalue weighted by Crippen LogP contribution is -2.14. The Bertz CT molecular complexity index is 720. The van der Waals surface area contributed by atoms with E-state index < -0.39 is 10.0 Å². The zero-order valence-electron chi connectivity index (χ0n) is 9.47. The number of hydrogen-bond donors (Lipinski definition) is 2. The Kier molecular flexibility index (Phi) is 3.84. The third-order valence-corrected chi connectivity index (χ3v) is 4.28. The quantitative estimate of drug-likeness (QED) is 0.852. The van der Waals surface area contributed by atoms with Crippen molar-refractivity contribution in [3.63, 3.8) is 0 Å². The Morgan fingerprint density at radius 2 is 1.89 bits per heavy atom. The molecule has 19 heavy (non-hydrogen) atoms. The van der Waals surface area contributed by atoms with Crippen molar-refractivity contribution in [2.75, 3.05) is 10.5 Å². The first kappa shape index (κ1) is 13.9. The predicted molar refractivity (Wildman–Crippen MR) is 75.9 cm³/mol. The first-order chi connectivity index (χ1) is 8.88. The Labute approximate surface area is 120 Å². The summed E-state index contributed by atoms with van der Waals surface area (Å²) in [5.74, 6) is 0.111. The number of nitrogens with two attached hydrogens (primary N) is 1. The molecule has 8 heteroatoms. The summed E-state index contributed by atoms with van der Waals surface area (Å²) in [7, 11) is -3.84. The second-order valence-corrected chi connectivity index (χ2v) is 6.15. The number of halogens is 2. The molecule has 2 aromatic rings. The number of benzene rings is 1. The van der Waals surface area contributed by atoms with Crippen LogP contribution in [0.25, 0.3) is 0 Å². The fraction of sp³-hybridized carbons (Fsp3) is 0. The van der Waals surface area contributed by atoms with Crippen LogP contribution in [0.4, 0.5) is 11.5 Å². The van der Waals surface area contributed by atoms with Gasteiger partial charge in [-0.3, -0.25) is 4.72 Å². The monoisotopic (exact) mass is 317 g/mol. The zero-order chi connectivity index (χ0) is 14.0. The van der Waals surface area contributed by atoms with E-state index in [1.54, 1.807) is 0 Å². The fourth-order valence-electron chi connectivity index (χ4n) is 1.39. The maximum atomic E-state index is 12.1. The molecule has 5 nitrogen and oxygen atoms in total. The van der Waals surface area contributed by atoms with Crippen molar-refractivity contribution >= 4 is 44.7 Å². The predicted octanol–water partition coefficient (Wildman–Crippen LogP) is 2.77. The number of aromatic nitrogens is 1. The summed E-state index contributed by atoms with van der Waals surface area (Å²) >= 11 is 11.6. The normalized spacial score (nSPS) is 11.3. The summed E-state index contributed by atoms with van der Waals surface area (Å²) < 4.78 is 26.5. The molecule has 0 aliphatic rings. The van der Waals surface area contributed by atoms with Crippen LogP contribution in [0.3, 0.4) is 0 Å². The van der Waals surface area contributed by atoms with Crippen LogP contribution < -0.4 is 10.5 Å². The van der Waals surface area contributed by atoms with Gasteiger partial charge in [0.05, 0.1) is 5.02 Å². The van der Waals surface area contributed by atoms with Gasteiger partial charge in [0, 0.05) is 23.0 Å². The molecule has 100 valence electrons. The second-order valence-electron chi connectivity index (χ2n) is 3.65.